The van der Waals surface area contributed by atoms with Gasteiger partial charge in [0.15, 0.2) is 0 Å². The first-order valence-electron chi connectivity index (χ1n) is 6.07. The van der Waals surface area contributed by atoms with Gasteiger partial charge in [-0.2, -0.15) is 0 Å². The van der Waals surface area contributed by atoms with Crippen LogP contribution in [0.4, 0.5) is 0 Å². The van der Waals surface area contributed by atoms with Crippen LogP contribution in [0, 0.1) is 0 Å². The fourth-order valence-corrected chi connectivity index (χ4v) is 2.64. The van der Waals surface area contributed by atoms with Crippen molar-refractivity contribution in [1.82, 2.24) is 9.55 Å². The number of nitrogens with zero attached hydrogens (tertiary/aromatic N) is 2. The first kappa shape index (κ1) is 12.9. The highest BCUT2D eigenvalue weighted by Gasteiger charge is 2.13. The molecule has 0 saturated carbocycles. The van der Waals surface area contributed by atoms with Gasteiger partial charge in [0.1, 0.15) is 0 Å². The molecule has 1 aromatic heterocycles. The second-order valence-electron chi connectivity index (χ2n) is 4.44. The average molecular weight is 331 g/mol. The number of rotatable bonds is 3. The van der Waals surface area contributed by atoms with Crippen molar-refractivity contribution in [3.8, 4) is 0 Å². The Kier molecular flexibility index (Phi) is 3.28. The number of hydrogen-bond acceptors (Lipinski definition) is 2. The van der Waals surface area contributed by atoms with Crippen LogP contribution in [-0.4, -0.2) is 20.6 Å². The van der Waals surface area contributed by atoms with Crippen LogP contribution < -0.4 is 0 Å². The molecular weight excluding hydrogens is 320 g/mol. The molecule has 5 heteroatoms. The van der Waals surface area contributed by atoms with E-state index in [-0.39, 0.29) is 5.56 Å². The van der Waals surface area contributed by atoms with E-state index in [2.05, 4.69) is 20.9 Å². The molecule has 3 aromatic rings. The van der Waals surface area contributed by atoms with E-state index in [9.17, 15) is 9.90 Å². The second kappa shape index (κ2) is 5.09. The summed E-state index contributed by atoms with van der Waals surface area (Å²) in [6.45, 7) is 0.572. The Morgan fingerprint density at radius 2 is 2.00 bits per heavy atom. The van der Waals surface area contributed by atoms with E-state index < -0.39 is 5.97 Å². The van der Waals surface area contributed by atoms with Crippen LogP contribution in [0.15, 0.2) is 53.3 Å². The number of aromatic nitrogens is 2. The lowest BCUT2D eigenvalue weighted by atomic mass is 10.1. The van der Waals surface area contributed by atoms with Crippen LogP contribution in [-0.2, 0) is 6.54 Å². The van der Waals surface area contributed by atoms with Crippen LogP contribution in [0.25, 0.3) is 11.0 Å². The molecule has 0 spiro atoms. The zero-order valence-electron chi connectivity index (χ0n) is 10.5. The van der Waals surface area contributed by atoms with Crippen molar-refractivity contribution in [3.63, 3.8) is 0 Å². The number of benzene rings is 2. The summed E-state index contributed by atoms with van der Waals surface area (Å²) in [4.78, 5) is 15.6. The minimum absolute atomic E-state index is 0.270. The molecule has 0 aliphatic carbocycles. The minimum Gasteiger partial charge on any atom is -0.478 e. The third-order valence-corrected chi connectivity index (χ3v) is 3.94. The molecule has 0 bridgehead atoms. The van der Waals surface area contributed by atoms with Crippen molar-refractivity contribution in [3.05, 3.63) is 64.4 Å². The lowest BCUT2D eigenvalue weighted by Gasteiger charge is -2.08. The van der Waals surface area contributed by atoms with Crippen LogP contribution in [0.3, 0.4) is 0 Å². The van der Waals surface area contributed by atoms with Crippen molar-refractivity contribution in [1.29, 1.82) is 0 Å². The summed E-state index contributed by atoms with van der Waals surface area (Å²) in [5, 5.41) is 9.30. The smallest absolute Gasteiger partial charge is 0.337 e. The molecule has 0 amide bonds. The molecule has 4 nitrogen and oxygen atoms in total. The molecule has 0 aliphatic rings. The Bertz CT molecular complexity index is 795. The molecular formula is C15H11BrN2O2. The molecule has 0 radical (unpaired) electrons. The monoisotopic (exact) mass is 330 g/mol. The maximum atomic E-state index is 11.3. The van der Waals surface area contributed by atoms with E-state index in [1.54, 1.807) is 18.5 Å². The lowest BCUT2D eigenvalue weighted by Crippen LogP contribution is -2.04. The zero-order chi connectivity index (χ0) is 14.1. The average Bonchev–Trinajstić information content (AvgIpc) is 2.84. The molecule has 0 unspecified atom stereocenters. The Balaban J connectivity index is 2.13. The third kappa shape index (κ3) is 2.20. The number of hydrogen-bond donors (Lipinski definition) is 1. The van der Waals surface area contributed by atoms with Gasteiger partial charge in [0.2, 0.25) is 0 Å². The molecule has 1 N–H and O–H groups in total. The summed E-state index contributed by atoms with van der Waals surface area (Å²) >= 11 is 3.50. The van der Waals surface area contributed by atoms with E-state index in [1.807, 2.05) is 34.9 Å². The predicted molar refractivity (Wildman–Crippen MR) is 79.9 cm³/mol. The number of aromatic carboxylic acids is 1. The van der Waals surface area contributed by atoms with Gasteiger partial charge in [0, 0.05) is 4.47 Å². The van der Waals surface area contributed by atoms with Crippen LogP contribution in [0.5, 0.6) is 0 Å². The van der Waals surface area contributed by atoms with Gasteiger partial charge in [-0.3, -0.25) is 0 Å². The number of carboxylic acids is 1. The van der Waals surface area contributed by atoms with Gasteiger partial charge in [-0.25, -0.2) is 9.78 Å². The number of carbonyl (C=O) groups is 1. The first-order valence-corrected chi connectivity index (χ1v) is 6.86. The molecule has 3 rings (SSSR count). The molecule has 1 heterocycles. The summed E-state index contributed by atoms with van der Waals surface area (Å²) in [6, 6.07) is 13.0. The van der Waals surface area contributed by atoms with Crippen LogP contribution in [0.2, 0.25) is 0 Å². The zero-order valence-corrected chi connectivity index (χ0v) is 12.0. The highest BCUT2D eigenvalue weighted by Crippen LogP contribution is 2.22. The Morgan fingerprint density at radius 1 is 1.20 bits per heavy atom. The lowest BCUT2D eigenvalue weighted by molar-refractivity contribution is 0.0698. The number of carboxylic acid groups (broad SMARTS) is 1. The highest BCUT2D eigenvalue weighted by molar-refractivity contribution is 9.10. The predicted octanol–water partition coefficient (Wildman–Crippen LogP) is 3.55. The van der Waals surface area contributed by atoms with E-state index in [0.717, 1.165) is 10.0 Å². The fraction of sp³-hybridized carbons (Fsp3) is 0.0667. The summed E-state index contributed by atoms with van der Waals surface area (Å²) in [6.07, 6.45) is 1.68. The third-order valence-electron chi connectivity index (χ3n) is 3.17. The summed E-state index contributed by atoms with van der Waals surface area (Å²) in [5.74, 6) is -0.940. The molecule has 20 heavy (non-hydrogen) atoms. The second-order valence-corrected chi connectivity index (χ2v) is 5.30. The Labute approximate surface area is 123 Å². The van der Waals surface area contributed by atoms with Crippen LogP contribution in [0.1, 0.15) is 15.9 Å². The quantitative estimate of drug-likeness (QED) is 0.799. The number of fused-ring (bicyclic) bond motifs is 1. The van der Waals surface area contributed by atoms with Crippen molar-refractivity contribution in [2.45, 2.75) is 6.54 Å². The molecule has 0 fully saturated rings. The first-order chi connectivity index (χ1) is 9.66. The highest BCUT2D eigenvalue weighted by atomic mass is 79.9. The Morgan fingerprint density at radius 3 is 2.75 bits per heavy atom. The van der Waals surface area contributed by atoms with E-state index in [1.165, 1.54) is 0 Å². The topological polar surface area (TPSA) is 55.1 Å². The van der Waals surface area contributed by atoms with Gasteiger partial charge in [-0.1, -0.05) is 40.2 Å². The van der Waals surface area contributed by atoms with Crippen molar-refractivity contribution in [2.24, 2.45) is 0 Å². The maximum Gasteiger partial charge on any atom is 0.337 e. The van der Waals surface area contributed by atoms with E-state index in [4.69, 9.17) is 0 Å². The summed E-state index contributed by atoms with van der Waals surface area (Å²) in [5.41, 5.74) is 2.69. The molecule has 2 aromatic carbocycles. The fourth-order valence-electron chi connectivity index (χ4n) is 2.23. The van der Waals surface area contributed by atoms with Gasteiger partial charge in [-0.05, 0) is 23.8 Å². The maximum absolute atomic E-state index is 11.3. The molecule has 0 atom stereocenters. The van der Waals surface area contributed by atoms with Crippen molar-refractivity contribution < 1.29 is 9.90 Å². The van der Waals surface area contributed by atoms with E-state index >= 15 is 0 Å². The largest absolute Gasteiger partial charge is 0.478 e. The SMILES string of the molecule is O=C(O)c1cccc2ncn(Cc3ccccc3Br)c12. The van der Waals surface area contributed by atoms with Gasteiger partial charge in [0.25, 0.3) is 0 Å². The molecule has 0 saturated heterocycles. The summed E-state index contributed by atoms with van der Waals surface area (Å²) < 4.78 is 2.86. The Hall–Kier alpha value is -2.14. The minimum atomic E-state index is -0.940. The molecule has 100 valence electrons. The summed E-state index contributed by atoms with van der Waals surface area (Å²) in [7, 11) is 0. The van der Waals surface area contributed by atoms with Gasteiger partial charge in [-0.15, -0.1) is 0 Å². The number of halogens is 1. The number of para-hydroxylation sites is 1. The van der Waals surface area contributed by atoms with Crippen LogP contribution >= 0.6 is 15.9 Å². The van der Waals surface area contributed by atoms with E-state index in [0.29, 0.717) is 17.6 Å². The van der Waals surface area contributed by atoms with Crippen molar-refractivity contribution in [2.75, 3.05) is 0 Å². The van der Waals surface area contributed by atoms with Crippen molar-refractivity contribution >= 4 is 32.9 Å². The van der Waals surface area contributed by atoms with Gasteiger partial charge >= 0.3 is 5.97 Å². The normalized spacial score (nSPS) is 10.8. The number of imidazole rings is 1. The molecule has 0 aliphatic heterocycles. The van der Waals surface area contributed by atoms with Gasteiger partial charge in [0.05, 0.1) is 29.5 Å². The standard InChI is InChI=1S/C15H11BrN2O2/c16-12-6-2-1-4-10(12)8-18-9-17-13-7-3-5-11(14(13)18)15(19)20/h1-7,9H,8H2,(H,19,20). The van der Waals surface area contributed by atoms with Gasteiger partial charge < -0.3 is 9.67 Å².